The number of aliphatic hydroxyl groups is 1. The molecule has 0 aliphatic carbocycles. The summed E-state index contributed by atoms with van der Waals surface area (Å²) in [5.74, 6) is 0. The molecule has 1 aromatic carbocycles. The summed E-state index contributed by atoms with van der Waals surface area (Å²) < 4.78 is 0. The van der Waals surface area contributed by atoms with Gasteiger partial charge in [0.25, 0.3) is 0 Å². The first-order valence-electron chi connectivity index (χ1n) is 7.41. The SMILES string of the molecule is OC1CCN(Cc2ccccc2NCc2cncs2)CC1. The van der Waals surface area contributed by atoms with Crippen LogP contribution in [0.5, 0.6) is 0 Å². The van der Waals surface area contributed by atoms with Crippen molar-refractivity contribution in [1.29, 1.82) is 0 Å². The van der Waals surface area contributed by atoms with Gasteiger partial charge in [0.2, 0.25) is 0 Å². The maximum Gasteiger partial charge on any atom is 0.0794 e. The predicted molar refractivity (Wildman–Crippen MR) is 86.4 cm³/mol. The van der Waals surface area contributed by atoms with Crippen molar-refractivity contribution in [2.75, 3.05) is 18.4 Å². The van der Waals surface area contributed by atoms with Gasteiger partial charge >= 0.3 is 0 Å². The minimum Gasteiger partial charge on any atom is -0.393 e. The summed E-state index contributed by atoms with van der Waals surface area (Å²) in [6, 6.07) is 8.47. The second-order valence-corrected chi connectivity index (χ2v) is 6.46. The Morgan fingerprint density at radius 2 is 2.10 bits per heavy atom. The highest BCUT2D eigenvalue weighted by Gasteiger charge is 2.17. The van der Waals surface area contributed by atoms with E-state index in [1.54, 1.807) is 11.3 Å². The lowest BCUT2D eigenvalue weighted by Crippen LogP contribution is -2.35. The van der Waals surface area contributed by atoms with Gasteiger partial charge in [-0.15, -0.1) is 11.3 Å². The molecule has 0 saturated carbocycles. The zero-order valence-corrected chi connectivity index (χ0v) is 12.9. The van der Waals surface area contributed by atoms with E-state index in [2.05, 4.69) is 39.5 Å². The van der Waals surface area contributed by atoms with Gasteiger partial charge in [-0.05, 0) is 24.5 Å². The highest BCUT2D eigenvalue weighted by Crippen LogP contribution is 2.21. The van der Waals surface area contributed by atoms with Gasteiger partial charge in [-0.2, -0.15) is 0 Å². The van der Waals surface area contributed by atoms with Crippen molar-refractivity contribution in [1.82, 2.24) is 9.88 Å². The van der Waals surface area contributed by atoms with Crippen LogP contribution in [-0.4, -0.2) is 34.2 Å². The molecule has 3 rings (SSSR count). The van der Waals surface area contributed by atoms with Crippen LogP contribution in [0.15, 0.2) is 36.0 Å². The lowest BCUT2D eigenvalue weighted by atomic mass is 10.1. The van der Waals surface area contributed by atoms with Crippen LogP contribution in [0.25, 0.3) is 0 Å². The molecule has 0 amide bonds. The number of aliphatic hydroxyl groups excluding tert-OH is 1. The van der Waals surface area contributed by atoms with E-state index in [1.807, 2.05) is 11.7 Å². The van der Waals surface area contributed by atoms with Crippen LogP contribution in [0, 0.1) is 0 Å². The highest BCUT2D eigenvalue weighted by atomic mass is 32.1. The van der Waals surface area contributed by atoms with E-state index in [4.69, 9.17) is 0 Å². The molecule has 1 aliphatic rings. The minimum atomic E-state index is -0.110. The number of nitrogens with zero attached hydrogens (tertiary/aromatic N) is 2. The summed E-state index contributed by atoms with van der Waals surface area (Å²) in [7, 11) is 0. The quantitative estimate of drug-likeness (QED) is 0.891. The number of aromatic nitrogens is 1. The molecule has 2 heterocycles. The monoisotopic (exact) mass is 303 g/mol. The molecule has 112 valence electrons. The minimum absolute atomic E-state index is 0.110. The van der Waals surface area contributed by atoms with Gasteiger partial charge in [0.15, 0.2) is 0 Å². The largest absolute Gasteiger partial charge is 0.393 e. The van der Waals surface area contributed by atoms with Crippen LogP contribution in [-0.2, 0) is 13.1 Å². The van der Waals surface area contributed by atoms with Crippen molar-refractivity contribution in [2.24, 2.45) is 0 Å². The fourth-order valence-corrected chi connectivity index (χ4v) is 3.20. The molecule has 2 aromatic rings. The van der Waals surface area contributed by atoms with Crippen molar-refractivity contribution in [2.45, 2.75) is 32.0 Å². The molecule has 0 unspecified atom stereocenters. The van der Waals surface area contributed by atoms with E-state index in [0.29, 0.717) is 0 Å². The number of para-hydroxylation sites is 1. The van der Waals surface area contributed by atoms with Gasteiger partial charge in [-0.3, -0.25) is 9.88 Å². The number of anilines is 1. The standard InChI is InChI=1S/C16H21N3OS/c20-14-5-7-19(8-6-14)11-13-3-1-2-4-16(13)18-10-15-9-17-12-21-15/h1-4,9,12,14,18,20H,5-8,10-11H2. The van der Waals surface area contributed by atoms with Crippen LogP contribution >= 0.6 is 11.3 Å². The van der Waals surface area contributed by atoms with Crippen molar-refractivity contribution in [3.8, 4) is 0 Å². The Kier molecular flexibility index (Phi) is 4.85. The van der Waals surface area contributed by atoms with Gasteiger partial charge in [-0.1, -0.05) is 18.2 Å². The third-order valence-corrected chi connectivity index (χ3v) is 4.68. The number of nitrogens with one attached hydrogen (secondary N) is 1. The molecular weight excluding hydrogens is 282 g/mol. The van der Waals surface area contributed by atoms with Crippen LogP contribution < -0.4 is 5.32 Å². The molecule has 5 heteroatoms. The summed E-state index contributed by atoms with van der Waals surface area (Å²) >= 11 is 1.67. The molecule has 0 bridgehead atoms. The maximum atomic E-state index is 9.59. The van der Waals surface area contributed by atoms with Crippen molar-refractivity contribution in [3.05, 3.63) is 46.4 Å². The number of hydrogen-bond acceptors (Lipinski definition) is 5. The van der Waals surface area contributed by atoms with E-state index in [0.717, 1.165) is 39.0 Å². The summed E-state index contributed by atoms with van der Waals surface area (Å²) in [6.45, 7) is 3.72. The van der Waals surface area contributed by atoms with E-state index < -0.39 is 0 Å². The molecule has 1 aliphatic heterocycles. The van der Waals surface area contributed by atoms with E-state index in [9.17, 15) is 5.11 Å². The lowest BCUT2D eigenvalue weighted by Gasteiger charge is -2.30. The van der Waals surface area contributed by atoms with Gasteiger partial charge in [0.05, 0.1) is 18.2 Å². The fourth-order valence-electron chi connectivity index (χ4n) is 2.66. The third kappa shape index (κ3) is 4.03. The molecular formula is C16H21N3OS. The number of piperidine rings is 1. The summed E-state index contributed by atoms with van der Waals surface area (Å²) in [5.41, 5.74) is 4.37. The van der Waals surface area contributed by atoms with Crippen LogP contribution in [0.3, 0.4) is 0 Å². The molecule has 0 atom stereocenters. The average molecular weight is 303 g/mol. The molecule has 0 spiro atoms. The second kappa shape index (κ2) is 7.02. The Morgan fingerprint density at radius 3 is 2.86 bits per heavy atom. The van der Waals surface area contributed by atoms with Crippen molar-refractivity contribution in [3.63, 3.8) is 0 Å². The lowest BCUT2D eigenvalue weighted by molar-refractivity contribution is 0.0793. The Labute approximate surface area is 129 Å². The molecule has 4 nitrogen and oxygen atoms in total. The maximum absolute atomic E-state index is 9.59. The molecule has 0 radical (unpaired) electrons. The number of rotatable bonds is 5. The number of likely N-dealkylation sites (tertiary alicyclic amines) is 1. The Morgan fingerprint density at radius 1 is 1.29 bits per heavy atom. The topological polar surface area (TPSA) is 48.4 Å². The molecule has 1 aromatic heterocycles. The van der Waals surface area contributed by atoms with Crippen molar-refractivity contribution >= 4 is 17.0 Å². The van der Waals surface area contributed by atoms with E-state index >= 15 is 0 Å². The zero-order valence-electron chi connectivity index (χ0n) is 12.0. The predicted octanol–water partition coefficient (Wildman–Crippen LogP) is 2.71. The van der Waals surface area contributed by atoms with Gasteiger partial charge in [0.1, 0.15) is 0 Å². The fraction of sp³-hybridized carbons (Fsp3) is 0.438. The van der Waals surface area contributed by atoms with Gasteiger partial charge < -0.3 is 10.4 Å². The number of benzene rings is 1. The zero-order chi connectivity index (χ0) is 14.5. The average Bonchev–Trinajstić information content (AvgIpc) is 3.02. The van der Waals surface area contributed by atoms with Gasteiger partial charge in [-0.25, -0.2) is 0 Å². The first kappa shape index (κ1) is 14.5. The Balaban J connectivity index is 1.62. The van der Waals surface area contributed by atoms with E-state index in [-0.39, 0.29) is 6.10 Å². The third-order valence-electron chi connectivity index (χ3n) is 3.90. The second-order valence-electron chi connectivity index (χ2n) is 5.49. The Hall–Kier alpha value is -1.43. The van der Waals surface area contributed by atoms with E-state index in [1.165, 1.54) is 16.1 Å². The van der Waals surface area contributed by atoms with Crippen LogP contribution in [0.1, 0.15) is 23.3 Å². The highest BCUT2D eigenvalue weighted by molar-refractivity contribution is 7.09. The first-order valence-corrected chi connectivity index (χ1v) is 8.29. The first-order chi connectivity index (χ1) is 10.3. The van der Waals surface area contributed by atoms with Crippen LogP contribution in [0.4, 0.5) is 5.69 Å². The molecule has 1 fully saturated rings. The Bertz CT molecular complexity index is 550. The summed E-state index contributed by atoms with van der Waals surface area (Å²) in [5, 5.41) is 13.1. The van der Waals surface area contributed by atoms with Crippen molar-refractivity contribution < 1.29 is 5.11 Å². The number of hydrogen-bond donors (Lipinski definition) is 2. The molecule has 1 saturated heterocycles. The molecule has 21 heavy (non-hydrogen) atoms. The summed E-state index contributed by atoms with van der Waals surface area (Å²) in [4.78, 5) is 7.76. The van der Waals surface area contributed by atoms with Gasteiger partial charge in [0, 0.05) is 36.4 Å². The molecule has 2 N–H and O–H groups in total. The van der Waals surface area contributed by atoms with Crippen LogP contribution in [0.2, 0.25) is 0 Å². The number of thiazole rings is 1. The smallest absolute Gasteiger partial charge is 0.0794 e. The summed E-state index contributed by atoms with van der Waals surface area (Å²) in [6.07, 6.45) is 3.57. The normalized spacial score (nSPS) is 17.0.